The molecular formula is C23H21FN2O4. The lowest BCUT2D eigenvalue weighted by Gasteiger charge is -2.11. The second-order valence-corrected chi connectivity index (χ2v) is 6.20. The van der Waals surface area contributed by atoms with Crippen LogP contribution in [0.15, 0.2) is 77.9 Å². The van der Waals surface area contributed by atoms with Crippen LogP contribution < -0.4 is 19.6 Å². The van der Waals surface area contributed by atoms with E-state index in [-0.39, 0.29) is 12.4 Å². The van der Waals surface area contributed by atoms with Gasteiger partial charge in [-0.2, -0.15) is 5.10 Å². The van der Waals surface area contributed by atoms with E-state index in [1.807, 2.05) is 30.3 Å². The summed E-state index contributed by atoms with van der Waals surface area (Å²) in [5.41, 5.74) is 4.08. The Morgan fingerprint density at radius 1 is 0.967 bits per heavy atom. The van der Waals surface area contributed by atoms with Crippen LogP contribution in [0.2, 0.25) is 0 Å². The number of rotatable bonds is 9. The predicted octanol–water partition coefficient (Wildman–Crippen LogP) is 3.94. The van der Waals surface area contributed by atoms with Gasteiger partial charge in [0.25, 0.3) is 5.91 Å². The van der Waals surface area contributed by atoms with E-state index in [9.17, 15) is 9.18 Å². The number of halogens is 1. The molecule has 7 heteroatoms. The third-order valence-electron chi connectivity index (χ3n) is 4.02. The zero-order chi connectivity index (χ0) is 21.2. The zero-order valence-corrected chi connectivity index (χ0v) is 16.4. The number of hydrazone groups is 1. The van der Waals surface area contributed by atoms with E-state index in [0.29, 0.717) is 23.7 Å². The highest BCUT2D eigenvalue weighted by molar-refractivity contribution is 5.83. The van der Waals surface area contributed by atoms with Gasteiger partial charge in [0, 0.05) is 0 Å². The van der Waals surface area contributed by atoms with Crippen LogP contribution in [0.25, 0.3) is 0 Å². The molecule has 0 aliphatic heterocycles. The Labute approximate surface area is 173 Å². The van der Waals surface area contributed by atoms with E-state index in [2.05, 4.69) is 10.5 Å². The summed E-state index contributed by atoms with van der Waals surface area (Å²) in [6, 6.07) is 21.0. The monoisotopic (exact) mass is 408 g/mol. The van der Waals surface area contributed by atoms with Crippen molar-refractivity contribution in [1.82, 2.24) is 5.43 Å². The molecule has 30 heavy (non-hydrogen) atoms. The van der Waals surface area contributed by atoms with Gasteiger partial charge in [-0.1, -0.05) is 42.5 Å². The molecule has 0 fully saturated rings. The molecule has 0 saturated carbocycles. The molecule has 1 amide bonds. The summed E-state index contributed by atoms with van der Waals surface area (Å²) >= 11 is 0. The molecule has 0 radical (unpaired) electrons. The van der Waals surface area contributed by atoms with Crippen LogP contribution in [-0.2, 0) is 11.4 Å². The quantitative estimate of drug-likeness (QED) is 0.430. The van der Waals surface area contributed by atoms with Gasteiger partial charge in [0.1, 0.15) is 6.61 Å². The van der Waals surface area contributed by atoms with Crippen molar-refractivity contribution in [3.05, 3.63) is 89.7 Å². The number of carbonyl (C=O) groups excluding carboxylic acids is 1. The average molecular weight is 408 g/mol. The fourth-order valence-electron chi connectivity index (χ4n) is 2.54. The summed E-state index contributed by atoms with van der Waals surface area (Å²) in [5, 5.41) is 3.88. The Hall–Kier alpha value is -3.87. The number of carbonyl (C=O) groups is 1. The number of hydrogen-bond acceptors (Lipinski definition) is 5. The molecular weight excluding hydrogens is 387 g/mol. The molecule has 1 N–H and O–H groups in total. The summed E-state index contributed by atoms with van der Waals surface area (Å²) < 4.78 is 29.8. The van der Waals surface area contributed by atoms with Crippen LogP contribution in [0.5, 0.6) is 17.2 Å². The number of para-hydroxylation sites is 1. The second-order valence-electron chi connectivity index (χ2n) is 6.20. The fraction of sp³-hybridized carbons (Fsp3) is 0.130. The van der Waals surface area contributed by atoms with Gasteiger partial charge in [0.15, 0.2) is 29.7 Å². The van der Waals surface area contributed by atoms with E-state index >= 15 is 0 Å². The normalized spacial score (nSPS) is 10.6. The molecule has 3 aromatic rings. The number of amides is 1. The summed E-state index contributed by atoms with van der Waals surface area (Å²) in [7, 11) is 1.55. The predicted molar refractivity (Wildman–Crippen MR) is 111 cm³/mol. The van der Waals surface area contributed by atoms with Gasteiger partial charge < -0.3 is 14.2 Å². The first-order valence-corrected chi connectivity index (χ1v) is 9.19. The maximum absolute atomic E-state index is 13.5. The van der Waals surface area contributed by atoms with Gasteiger partial charge in [-0.15, -0.1) is 0 Å². The van der Waals surface area contributed by atoms with Crippen LogP contribution in [0, 0.1) is 5.82 Å². The van der Waals surface area contributed by atoms with Crippen LogP contribution >= 0.6 is 0 Å². The largest absolute Gasteiger partial charge is 0.493 e. The SMILES string of the molecule is COc1cc(/C=N/NC(=O)COc2ccccc2F)ccc1OCc1ccccc1. The number of nitrogens with one attached hydrogen (secondary N) is 1. The molecule has 0 aromatic heterocycles. The van der Waals surface area contributed by atoms with Crippen molar-refractivity contribution in [2.24, 2.45) is 5.10 Å². The van der Waals surface area contributed by atoms with Gasteiger partial charge in [0.2, 0.25) is 0 Å². The number of methoxy groups -OCH3 is 1. The highest BCUT2D eigenvalue weighted by Crippen LogP contribution is 2.28. The van der Waals surface area contributed by atoms with Crippen molar-refractivity contribution in [2.75, 3.05) is 13.7 Å². The lowest BCUT2D eigenvalue weighted by atomic mass is 10.2. The fourth-order valence-corrected chi connectivity index (χ4v) is 2.54. The van der Waals surface area contributed by atoms with Crippen LogP contribution in [0.3, 0.4) is 0 Å². The van der Waals surface area contributed by atoms with Gasteiger partial charge >= 0.3 is 0 Å². The maximum atomic E-state index is 13.5. The van der Waals surface area contributed by atoms with Crippen molar-refractivity contribution >= 4 is 12.1 Å². The lowest BCUT2D eigenvalue weighted by Crippen LogP contribution is -2.24. The molecule has 0 aliphatic rings. The molecule has 6 nitrogen and oxygen atoms in total. The van der Waals surface area contributed by atoms with E-state index in [4.69, 9.17) is 14.2 Å². The Morgan fingerprint density at radius 3 is 2.50 bits per heavy atom. The molecule has 3 rings (SSSR count). The zero-order valence-electron chi connectivity index (χ0n) is 16.4. The standard InChI is InChI=1S/C23H21FN2O4/c1-28-22-13-18(11-12-21(22)29-15-17-7-3-2-4-8-17)14-25-26-23(27)16-30-20-10-6-5-9-19(20)24/h2-14H,15-16H2,1H3,(H,26,27)/b25-14+. The third kappa shape index (κ3) is 6.07. The topological polar surface area (TPSA) is 69.2 Å². The minimum Gasteiger partial charge on any atom is -0.493 e. The van der Waals surface area contributed by atoms with Gasteiger partial charge in [-0.05, 0) is 41.5 Å². The first-order chi connectivity index (χ1) is 14.7. The number of hydrogen-bond donors (Lipinski definition) is 1. The number of benzene rings is 3. The summed E-state index contributed by atoms with van der Waals surface area (Å²) in [4.78, 5) is 11.8. The lowest BCUT2D eigenvalue weighted by molar-refractivity contribution is -0.123. The van der Waals surface area contributed by atoms with Crippen LogP contribution in [0.4, 0.5) is 4.39 Å². The smallest absolute Gasteiger partial charge is 0.277 e. The van der Waals surface area contributed by atoms with E-state index in [1.165, 1.54) is 18.3 Å². The van der Waals surface area contributed by atoms with E-state index in [0.717, 1.165) is 5.56 Å². The Bertz CT molecular complexity index is 1010. The molecule has 0 spiro atoms. The number of ether oxygens (including phenoxy) is 3. The van der Waals surface area contributed by atoms with Gasteiger partial charge in [-0.25, -0.2) is 9.82 Å². The number of nitrogens with zero attached hydrogens (tertiary/aromatic N) is 1. The van der Waals surface area contributed by atoms with Gasteiger partial charge in [-0.3, -0.25) is 4.79 Å². The van der Waals surface area contributed by atoms with Crippen molar-refractivity contribution in [1.29, 1.82) is 0 Å². The molecule has 0 aliphatic carbocycles. The summed E-state index contributed by atoms with van der Waals surface area (Å²) in [5.74, 6) is 0.108. The average Bonchev–Trinajstić information content (AvgIpc) is 2.78. The molecule has 3 aromatic carbocycles. The maximum Gasteiger partial charge on any atom is 0.277 e. The molecule has 0 atom stereocenters. The highest BCUT2D eigenvalue weighted by atomic mass is 19.1. The summed E-state index contributed by atoms with van der Waals surface area (Å²) in [6.45, 7) is 0.0660. The van der Waals surface area contributed by atoms with Crippen LogP contribution in [0.1, 0.15) is 11.1 Å². The van der Waals surface area contributed by atoms with Crippen molar-refractivity contribution in [3.63, 3.8) is 0 Å². The van der Waals surface area contributed by atoms with Gasteiger partial charge in [0.05, 0.1) is 13.3 Å². The molecule has 0 saturated heterocycles. The second kappa shape index (κ2) is 10.6. The Balaban J connectivity index is 1.52. The third-order valence-corrected chi connectivity index (χ3v) is 4.02. The molecule has 0 bridgehead atoms. The summed E-state index contributed by atoms with van der Waals surface area (Å²) in [6.07, 6.45) is 1.46. The molecule has 154 valence electrons. The van der Waals surface area contributed by atoms with Crippen molar-refractivity contribution in [3.8, 4) is 17.2 Å². The van der Waals surface area contributed by atoms with Crippen LogP contribution in [-0.4, -0.2) is 25.8 Å². The molecule has 0 heterocycles. The Morgan fingerprint density at radius 2 is 1.73 bits per heavy atom. The van der Waals surface area contributed by atoms with E-state index < -0.39 is 11.7 Å². The van der Waals surface area contributed by atoms with E-state index in [1.54, 1.807) is 37.4 Å². The van der Waals surface area contributed by atoms with Crippen molar-refractivity contribution < 1.29 is 23.4 Å². The first kappa shape index (κ1) is 20.9. The molecule has 0 unspecified atom stereocenters. The highest BCUT2D eigenvalue weighted by Gasteiger charge is 2.07. The minimum absolute atomic E-state index is 0.00691. The minimum atomic E-state index is -0.532. The Kier molecular flexibility index (Phi) is 7.38. The van der Waals surface area contributed by atoms with Crippen molar-refractivity contribution in [2.45, 2.75) is 6.61 Å². The first-order valence-electron chi connectivity index (χ1n) is 9.19.